The third-order valence-corrected chi connectivity index (χ3v) is 2.98. The fourth-order valence-corrected chi connectivity index (χ4v) is 1.97. The van der Waals surface area contributed by atoms with Crippen LogP contribution in [0.5, 0.6) is 0 Å². The zero-order valence-corrected chi connectivity index (χ0v) is 14.0. The first-order valence-electron chi connectivity index (χ1n) is 7.84. The number of nitrogens with two attached hydrogens (primary N) is 1. The van der Waals surface area contributed by atoms with Crippen LogP contribution in [0.2, 0.25) is 0 Å². The normalized spacial score (nSPS) is 14.1. The fraction of sp³-hybridized carbons (Fsp3) is 0.867. The van der Waals surface area contributed by atoms with Gasteiger partial charge in [-0.25, -0.2) is 0 Å². The summed E-state index contributed by atoms with van der Waals surface area (Å²) in [5.74, 6) is -0.296. The van der Waals surface area contributed by atoms with Crippen molar-refractivity contribution >= 4 is 11.8 Å². The van der Waals surface area contributed by atoms with Crippen molar-refractivity contribution in [2.45, 2.75) is 78.0 Å². The van der Waals surface area contributed by atoms with Gasteiger partial charge in [-0.1, -0.05) is 20.3 Å². The van der Waals surface area contributed by atoms with Crippen LogP contribution in [0.3, 0.4) is 0 Å². The quantitative estimate of drug-likeness (QED) is 0.442. The third kappa shape index (κ3) is 9.42. The van der Waals surface area contributed by atoms with Crippen LogP contribution in [0.25, 0.3) is 0 Å². The Morgan fingerprint density at radius 2 is 1.52 bits per heavy atom. The van der Waals surface area contributed by atoms with Crippen molar-refractivity contribution in [1.29, 1.82) is 0 Å². The Hall–Kier alpha value is -1.14. The van der Waals surface area contributed by atoms with E-state index in [-0.39, 0.29) is 29.9 Å². The second-order valence-electron chi connectivity index (χ2n) is 6.05. The van der Waals surface area contributed by atoms with Gasteiger partial charge in [0.25, 0.3) is 0 Å². The summed E-state index contributed by atoms with van der Waals surface area (Å²) in [5.41, 5.74) is 5.48. The third-order valence-electron chi connectivity index (χ3n) is 2.98. The zero-order valence-electron chi connectivity index (χ0n) is 14.0. The molecular weight excluding hydrogens is 268 g/mol. The molecule has 0 radical (unpaired) electrons. The van der Waals surface area contributed by atoms with E-state index in [0.29, 0.717) is 6.54 Å². The highest BCUT2D eigenvalue weighted by Gasteiger charge is 2.23. The number of amides is 2. The van der Waals surface area contributed by atoms with Gasteiger partial charge in [-0.2, -0.15) is 0 Å². The molecule has 5 N–H and O–H groups in total. The summed E-state index contributed by atoms with van der Waals surface area (Å²) in [5, 5.41) is 8.80. The summed E-state index contributed by atoms with van der Waals surface area (Å²) >= 11 is 0. The van der Waals surface area contributed by atoms with E-state index in [0.717, 1.165) is 19.3 Å². The minimum Gasteiger partial charge on any atom is -0.352 e. The first-order valence-corrected chi connectivity index (χ1v) is 7.84. The van der Waals surface area contributed by atoms with Gasteiger partial charge < -0.3 is 21.7 Å². The molecule has 0 aromatic carbocycles. The van der Waals surface area contributed by atoms with Crippen molar-refractivity contribution in [3.05, 3.63) is 0 Å². The number of carbonyl (C=O) groups is 2. The summed E-state index contributed by atoms with van der Waals surface area (Å²) in [6.07, 6.45) is 2.51. The van der Waals surface area contributed by atoms with Gasteiger partial charge in [0.2, 0.25) is 11.8 Å². The molecule has 2 amide bonds. The maximum Gasteiger partial charge on any atom is 0.242 e. The summed E-state index contributed by atoms with van der Waals surface area (Å²) in [7, 11) is 0. The standard InChI is InChI=1S/C15H32N4O2/c1-10(2)17-13(8-6-7-9-16)15(21)19-12(5)14(20)18-11(3)4/h10-13,17H,6-9,16H2,1-5H3,(H,18,20)(H,19,21). The molecule has 0 aromatic heterocycles. The van der Waals surface area contributed by atoms with Crippen molar-refractivity contribution < 1.29 is 9.59 Å². The average Bonchev–Trinajstić information content (AvgIpc) is 2.36. The fourth-order valence-electron chi connectivity index (χ4n) is 1.97. The van der Waals surface area contributed by atoms with Gasteiger partial charge in [-0.15, -0.1) is 0 Å². The predicted octanol–water partition coefficient (Wildman–Crippen LogP) is 0.511. The van der Waals surface area contributed by atoms with Gasteiger partial charge in [0.15, 0.2) is 0 Å². The lowest BCUT2D eigenvalue weighted by molar-refractivity contribution is -0.130. The molecule has 2 atom stereocenters. The first kappa shape index (κ1) is 19.9. The Kier molecular flexibility index (Phi) is 9.99. The molecule has 0 rings (SSSR count). The van der Waals surface area contributed by atoms with Crippen molar-refractivity contribution in [2.75, 3.05) is 6.54 Å². The zero-order chi connectivity index (χ0) is 16.4. The van der Waals surface area contributed by atoms with E-state index in [1.165, 1.54) is 0 Å². The maximum absolute atomic E-state index is 12.3. The van der Waals surface area contributed by atoms with Gasteiger partial charge in [0.05, 0.1) is 6.04 Å². The molecule has 0 saturated heterocycles. The molecule has 0 aromatic rings. The van der Waals surface area contributed by atoms with Crippen molar-refractivity contribution in [3.8, 4) is 0 Å². The Labute approximate surface area is 128 Å². The van der Waals surface area contributed by atoms with Crippen molar-refractivity contribution in [1.82, 2.24) is 16.0 Å². The van der Waals surface area contributed by atoms with Gasteiger partial charge in [-0.3, -0.25) is 9.59 Å². The molecule has 0 bridgehead atoms. The van der Waals surface area contributed by atoms with E-state index in [4.69, 9.17) is 5.73 Å². The molecule has 0 spiro atoms. The average molecular weight is 300 g/mol. The van der Waals surface area contributed by atoms with Gasteiger partial charge >= 0.3 is 0 Å². The van der Waals surface area contributed by atoms with Crippen molar-refractivity contribution in [3.63, 3.8) is 0 Å². The first-order chi connectivity index (χ1) is 9.77. The molecule has 2 unspecified atom stereocenters. The van der Waals surface area contributed by atoms with Crippen LogP contribution in [-0.2, 0) is 9.59 Å². The van der Waals surface area contributed by atoms with Crippen LogP contribution in [0.4, 0.5) is 0 Å². The Balaban J connectivity index is 4.46. The molecule has 21 heavy (non-hydrogen) atoms. The van der Waals surface area contributed by atoms with Gasteiger partial charge in [0.1, 0.15) is 6.04 Å². The van der Waals surface area contributed by atoms with Crippen LogP contribution in [0, 0.1) is 0 Å². The summed E-state index contributed by atoms with van der Waals surface area (Å²) < 4.78 is 0. The molecular formula is C15H32N4O2. The predicted molar refractivity (Wildman–Crippen MR) is 85.8 cm³/mol. The van der Waals surface area contributed by atoms with Gasteiger partial charge in [-0.05, 0) is 40.2 Å². The van der Waals surface area contributed by atoms with Crippen LogP contribution in [0.15, 0.2) is 0 Å². The summed E-state index contributed by atoms with van der Waals surface area (Å²) in [6.45, 7) is 10.1. The Bertz CT molecular complexity index is 319. The lowest BCUT2D eigenvalue weighted by Gasteiger charge is -2.23. The number of hydrogen-bond donors (Lipinski definition) is 4. The van der Waals surface area contributed by atoms with Gasteiger partial charge in [0, 0.05) is 12.1 Å². The van der Waals surface area contributed by atoms with Crippen LogP contribution < -0.4 is 21.7 Å². The SMILES string of the molecule is CC(C)NC(=O)C(C)NC(=O)C(CCCCN)NC(C)C. The monoisotopic (exact) mass is 300 g/mol. The maximum atomic E-state index is 12.3. The van der Waals surface area contributed by atoms with Crippen LogP contribution in [0.1, 0.15) is 53.9 Å². The minimum atomic E-state index is -0.536. The number of rotatable bonds is 10. The van der Waals surface area contributed by atoms with E-state index in [9.17, 15) is 9.59 Å². The van der Waals surface area contributed by atoms with E-state index < -0.39 is 6.04 Å². The topological polar surface area (TPSA) is 96.2 Å². The van der Waals surface area contributed by atoms with E-state index in [1.54, 1.807) is 6.92 Å². The molecule has 0 heterocycles. The largest absolute Gasteiger partial charge is 0.352 e. The number of unbranched alkanes of at least 4 members (excludes halogenated alkanes) is 1. The lowest BCUT2D eigenvalue weighted by Crippen LogP contribution is -2.53. The molecule has 6 heteroatoms. The second-order valence-corrected chi connectivity index (χ2v) is 6.05. The molecule has 0 saturated carbocycles. The number of hydrogen-bond acceptors (Lipinski definition) is 4. The molecule has 124 valence electrons. The Morgan fingerprint density at radius 1 is 0.905 bits per heavy atom. The van der Waals surface area contributed by atoms with Crippen LogP contribution in [-0.4, -0.2) is 42.5 Å². The van der Waals surface area contributed by atoms with Crippen molar-refractivity contribution in [2.24, 2.45) is 5.73 Å². The minimum absolute atomic E-state index is 0.0611. The number of nitrogens with one attached hydrogen (secondary N) is 3. The molecule has 0 fully saturated rings. The van der Waals surface area contributed by atoms with E-state index >= 15 is 0 Å². The molecule has 6 nitrogen and oxygen atoms in total. The second kappa shape index (κ2) is 10.6. The molecule has 0 aliphatic rings. The summed E-state index contributed by atoms with van der Waals surface area (Å²) in [6, 6.07) is -0.555. The highest BCUT2D eigenvalue weighted by molar-refractivity contribution is 5.89. The van der Waals surface area contributed by atoms with E-state index in [2.05, 4.69) is 16.0 Å². The summed E-state index contributed by atoms with van der Waals surface area (Å²) in [4.78, 5) is 24.1. The highest BCUT2D eigenvalue weighted by Crippen LogP contribution is 2.03. The van der Waals surface area contributed by atoms with E-state index in [1.807, 2.05) is 27.7 Å². The Morgan fingerprint density at radius 3 is 2.00 bits per heavy atom. The highest BCUT2D eigenvalue weighted by atomic mass is 16.2. The number of carbonyl (C=O) groups excluding carboxylic acids is 2. The molecule has 0 aliphatic heterocycles. The van der Waals surface area contributed by atoms with Crippen LogP contribution >= 0.6 is 0 Å². The molecule has 0 aliphatic carbocycles. The lowest BCUT2D eigenvalue weighted by atomic mass is 10.1. The smallest absolute Gasteiger partial charge is 0.242 e.